The summed E-state index contributed by atoms with van der Waals surface area (Å²) in [5, 5.41) is 27.7. The summed E-state index contributed by atoms with van der Waals surface area (Å²) in [7, 11) is 1.71. The van der Waals surface area contributed by atoms with Crippen molar-refractivity contribution >= 4 is 17.8 Å². The van der Waals surface area contributed by atoms with Gasteiger partial charge in [-0.05, 0) is 67.2 Å². The lowest BCUT2D eigenvalue weighted by molar-refractivity contribution is 0.103. The topological polar surface area (TPSA) is 119 Å². The van der Waals surface area contributed by atoms with E-state index in [0.717, 1.165) is 45.2 Å². The highest BCUT2D eigenvalue weighted by atomic mass is 16.5. The molecule has 0 aromatic carbocycles. The lowest BCUT2D eigenvalue weighted by Crippen LogP contribution is -2.62. The largest absolute Gasteiger partial charge is 0.385 e. The number of ether oxygens (including phenoxy) is 1. The van der Waals surface area contributed by atoms with Crippen molar-refractivity contribution in [2.45, 2.75) is 110 Å². The van der Waals surface area contributed by atoms with E-state index in [1.54, 1.807) is 21.0 Å². The Morgan fingerprint density at radius 1 is 1.03 bits per heavy atom. The summed E-state index contributed by atoms with van der Waals surface area (Å²) in [6.07, 6.45) is 2.81. The van der Waals surface area contributed by atoms with Crippen LogP contribution in [0.1, 0.15) is 80.6 Å². The summed E-state index contributed by atoms with van der Waals surface area (Å²) >= 11 is 0. The van der Waals surface area contributed by atoms with Crippen LogP contribution in [0.2, 0.25) is 0 Å². The maximum absolute atomic E-state index is 10.3. The van der Waals surface area contributed by atoms with Crippen LogP contribution in [-0.2, 0) is 4.74 Å². The van der Waals surface area contributed by atoms with Crippen molar-refractivity contribution in [1.82, 2.24) is 20.3 Å². The molecule has 0 bridgehead atoms. The van der Waals surface area contributed by atoms with Gasteiger partial charge >= 0.3 is 0 Å². The molecule has 1 aliphatic rings. The number of aliphatic hydroxyl groups is 2. The number of hydrogen-bond acceptors (Lipinski definition) is 10. The number of aliphatic hydroxyl groups excluding tert-OH is 2. The first-order chi connectivity index (χ1) is 15.9. The van der Waals surface area contributed by atoms with Gasteiger partial charge < -0.3 is 30.5 Å². The van der Waals surface area contributed by atoms with Gasteiger partial charge in [-0.15, -0.1) is 0 Å². The molecule has 2 rings (SSSR count). The highest BCUT2D eigenvalue weighted by molar-refractivity contribution is 5.46. The zero-order valence-corrected chi connectivity index (χ0v) is 22.4. The molecule has 196 valence electrons. The number of piperidine rings is 1. The number of aromatic nitrogens is 3. The van der Waals surface area contributed by atoms with Crippen LogP contribution in [0.5, 0.6) is 0 Å². The van der Waals surface area contributed by atoms with Crippen molar-refractivity contribution in [2.75, 3.05) is 41.9 Å². The highest BCUT2D eigenvalue weighted by Crippen LogP contribution is 2.34. The molecule has 0 amide bonds. The first-order valence-corrected chi connectivity index (χ1v) is 12.6. The van der Waals surface area contributed by atoms with Crippen LogP contribution in [0.15, 0.2) is 0 Å². The third-order valence-corrected chi connectivity index (χ3v) is 6.08. The molecular weight excluding hydrogens is 434 g/mol. The molecule has 4 N–H and O–H groups in total. The van der Waals surface area contributed by atoms with Crippen molar-refractivity contribution in [3.63, 3.8) is 0 Å². The predicted octanol–water partition coefficient (Wildman–Crippen LogP) is 2.72. The van der Waals surface area contributed by atoms with E-state index in [-0.39, 0.29) is 23.1 Å². The smallest absolute Gasteiger partial charge is 0.236 e. The fraction of sp³-hybridized carbons (Fsp3) is 0.875. The molecule has 10 heteroatoms. The first kappa shape index (κ1) is 28.5. The number of nitrogens with zero attached hydrogens (tertiary/aromatic N) is 5. The fourth-order valence-corrected chi connectivity index (χ4v) is 5.01. The van der Waals surface area contributed by atoms with Gasteiger partial charge in [-0.3, -0.25) is 4.90 Å². The molecule has 10 nitrogen and oxygen atoms in total. The van der Waals surface area contributed by atoms with Crippen LogP contribution < -0.4 is 20.4 Å². The summed E-state index contributed by atoms with van der Waals surface area (Å²) in [5.74, 6) is 1.24. The molecule has 0 aliphatic carbocycles. The Balaban J connectivity index is 2.53. The van der Waals surface area contributed by atoms with E-state index in [0.29, 0.717) is 18.5 Å². The van der Waals surface area contributed by atoms with E-state index in [1.165, 1.54) is 4.90 Å². The quantitative estimate of drug-likeness (QED) is 0.247. The average molecular weight is 482 g/mol. The van der Waals surface area contributed by atoms with Crippen LogP contribution >= 0.6 is 0 Å². The lowest BCUT2D eigenvalue weighted by atomic mass is 9.79. The number of rotatable bonds is 13. The van der Waals surface area contributed by atoms with E-state index >= 15 is 0 Å². The minimum absolute atomic E-state index is 0.0464. The van der Waals surface area contributed by atoms with Gasteiger partial charge in [0.25, 0.3) is 0 Å². The molecule has 2 heterocycles. The number of methoxy groups -OCH3 is 1. The molecule has 1 aromatic heterocycles. The third-order valence-electron chi connectivity index (χ3n) is 6.08. The van der Waals surface area contributed by atoms with E-state index < -0.39 is 12.5 Å². The number of hydrogen-bond donors (Lipinski definition) is 4. The highest BCUT2D eigenvalue weighted by Gasteiger charge is 2.41. The van der Waals surface area contributed by atoms with Crippen molar-refractivity contribution in [3.05, 3.63) is 0 Å². The van der Waals surface area contributed by atoms with E-state index in [1.807, 2.05) is 0 Å². The molecule has 0 saturated carbocycles. The van der Waals surface area contributed by atoms with Gasteiger partial charge in [-0.2, -0.15) is 15.0 Å². The molecule has 1 aromatic rings. The van der Waals surface area contributed by atoms with Crippen molar-refractivity contribution < 1.29 is 14.9 Å². The number of unbranched alkanes of at least 4 members (excludes halogenated alkanes) is 1. The van der Waals surface area contributed by atoms with Crippen LogP contribution in [0.25, 0.3) is 0 Å². The van der Waals surface area contributed by atoms with Crippen molar-refractivity contribution in [2.24, 2.45) is 0 Å². The summed E-state index contributed by atoms with van der Waals surface area (Å²) in [6.45, 7) is 16.3. The van der Waals surface area contributed by atoms with Gasteiger partial charge in [-0.25, -0.2) is 0 Å². The van der Waals surface area contributed by atoms with Crippen LogP contribution in [0.3, 0.4) is 0 Å². The Hall–Kier alpha value is -1.75. The Bertz CT molecular complexity index is 734. The van der Waals surface area contributed by atoms with Gasteiger partial charge in [0.1, 0.15) is 12.5 Å². The van der Waals surface area contributed by atoms with Gasteiger partial charge in [-0.1, -0.05) is 13.3 Å². The van der Waals surface area contributed by atoms with Crippen LogP contribution in [0.4, 0.5) is 17.8 Å². The molecule has 1 fully saturated rings. The van der Waals surface area contributed by atoms with Crippen molar-refractivity contribution in [3.8, 4) is 0 Å². The first-order valence-electron chi connectivity index (χ1n) is 12.6. The normalized spacial score (nSPS) is 19.5. The zero-order valence-electron chi connectivity index (χ0n) is 22.4. The zero-order chi connectivity index (χ0) is 25.5. The average Bonchev–Trinajstić information content (AvgIpc) is 2.68. The van der Waals surface area contributed by atoms with Gasteiger partial charge in [0, 0.05) is 43.9 Å². The standard InChI is InChI=1S/C24H47N7O3/c1-9-10-12-25-20-26-21(28-22(27-20)31(17(2)32)18(3)33)30(13-11-14-34-8)19-15-23(4,5)29-24(6,7)16-19/h17-19,29,32-33H,9-16H2,1-8H3,(H,25,26,27,28). The summed E-state index contributed by atoms with van der Waals surface area (Å²) < 4.78 is 5.33. The second-order valence-electron chi connectivity index (χ2n) is 10.7. The maximum Gasteiger partial charge on any atom is 0.236 e. The predicted molar refractivity (Wildman–Crippen MR) is 137 cm³/mol. The minimum atomic E-state index is -0.961. The molecule has 1 aliphatic heterocycles. The lowest BCUT2D eigenvalue weighted by Gasteiger charge is -2.49. The van der Waals surface area contributed by atoms with Crippen LogP contribution in [-0.4, -0.2) is 81.5 Å². The summed E-state index contributed by atoms with van der Waals surface area (Å²) in [5.41, 5.74) is -0.0928. The molecule has 1 saturated heterocycles. The van der Waals surface area contributed by atoms with Gasteiger partial charge in [0.15, 0.2) is 0 Å². The van der Waals surface area contributed by atoms with Gasteiger partial charge in [0.05, 0.1) is 0 Å². The Morgan fingerprint density at radius 2 is 1.62 bits per heavy atom. The van der Waals surface area contributed by atoms with E-state index in [2.05, 4.69) is 55.1 Å². The van der Waals surface area contributed by atoms with Crippen LogP contribution in [0, 0.1) is 0 Å². The molecule has 2 unspecified atom stereocenters. The second kappa shape index (κ2) is 12.3. The fourth-order valence-electron chi connectivity index (χ4n) is 5.01. The summed E-state index contributed by atoms with van der Waals surface area (Å²) in [4.78, 5) is 17.7. The molecule has 0 spiro atoms. The summed E-state index contributed by atoms with van der Waals surface area (Å²) in [6, 6.07) is 0.202. The number of anilines is 3. The molecular formula is C24H47N7O3. The Morgan fingerprint density at radius 3 is 2.15 bits per heavy atom. The minimum Gasteiger partial charge on any atom is -0.385 e. The second-order valence-corrected chi connectivity index (χ2v) is 10.7. The monoisotopic (exact) mass is 481 g/mol. The molecule has 0 radical (unpaired) electrons. The molecule has 2 atom stereocenters. The van der Waals surface area contributed by atoms with E-state index in [4.69, 9.17) is 14.7 Å². The van der Waals surface area contributed by atoms with Gasteiger partial charge in [0.2, 0.25) is 17.8 Å². The van der Waals surface area contributed by atoms with Crippen molar-refractivity contribution in [1.29, 1.82) is 0 Å². The third kappa shape index (κ3) is 8.18. The SMILES string of the molecule is CCCCNc1nc(N(CCCOC)C2CC(C)(C)NC(C)(C)C2)nc(N(C(C)O)C(C)O)n1. The number of nitrogens with one attached hydrogen (secondary N) is 2. The Kier molecular flexibility index (Phi) is 10.3. The van der Waals surface area contributed by atoms with E-state index in [9.17, 15) is 10.2 Å². The maximum atomic E-state index is 10.3. The molecule has 34 heavy (non-hydrogen) atoms. The Labute approximate surface area is 205 Å².